The molecule has 7 nitrogen and oxygen atoms in total. The standard InChI is InChI=1S/C19H18N4O3S2/c1-2-4-16(24)23-19-21-14-8-6-12(11-15(14)28-19)20-18(27)22-17(25)9-7-13-5-3-10-26-13/h3,5-11H,2,4H2,1H3,(H,21,23,24)(H2,20,22,25,27)/b9-7+. The lowest BCUT2D eigenvalue weighted by Crippen LogP contribution is -2.32. The smallest absolute Gasteiger partial charge is 0.250 e. The Morgan fingerprint density at radius 2 is 2.14 bits per heavy atom. The Balaban J connectivity index is 1.59. The van der Waals surface area contributed by atoms with Gasteiger partial charge in [0, 0.05) is 18.2 Å². The molecule has 2 amide bonds. The highest BCUT2D eigenvalue weighted by Crippen LogP contribution is 2.28. The summed E-state index contributed by atoms with van der Waals surface area (Å²) in [4.78, 5) is 28.0. The van der Waals surface area contributed by atoms with Gasteiger partial charge >= 0.3 is 0 Å². The van der Waals surface area contributed by atoms with Gasteiger partial charge in [0.05, 0.1) is 16.5 Å². The minimum atomic E-state index is -0.367. The van der Waals surface area contributed by atoms with E-state index >= 15 is 0 Å². The maximum Gasteiger partial charge on any atom is 0.250 e. The molecule has 144 valence electrons. The van der Waals surface area contributed by atoms with Gasteiger partial charge in [-0.25, -0.2) is 4.98 Å². The predicted molar refractivity (Wildman–Crippen MR) is 115 cm³/mol. The summed E-state index contributed by atoms with van der Waals surface area (Å²) in [6.45, 7) is 1.95. The van der Waals surface area contributed by atoms with E-state index in [2.05, 4.69) is 20.9 Å². The second-order valence-corrected chi connectivity index (χ2v) is 7.23. The number of thiocarbonyl (C=S) groups is 1. The molecule has 1 aromatic carbocycles. The van der Waals surface area contributed by atoms with Crippen LogP contribution in [0, 0.1) is 0 Å². The molecule has 0 radical (unpaired) electrons. The SMILES string of the molecule is CCCC(=O)Nc1nc2ccc(NC(=S)NC(=O)/C=C/c3ccco3)cc2s1. The van der Waals surface area contributed by atoms with Crippen LogP contribution in [-0.4, -0.2) is 21.9 Å². The molecular formula is C19H18N4O3S2. The number of thiazole rings is 1. The highest BCUT2D eigenvalue weighted by molar-refractivity contribution is 7.80. The first-order valence-corrected chi connectivity index (χ1v) is 9.80. The third kappa shape index (κ3) is 5.48. The van der Waals surface area contributed by atoms with Crippen molar-refractivity contribution in [3.05, 3.63) is 48.4 Å². The first kappa shape index (κ1) is 19.7. The van der Waals surface area contributed by atoms with Gasteiger partial charge in [0.15, 0.2) is 10.2 Å². The van der Waals surface area contributed by atoms with Crippen molar-refractivity contribution in [1.29, 1.82) is 0 Å². The van der Waals surface area contributed by atoms with Crippen molar-refractivity contribution in [2.75, 3.05) is 10.6 Å². The molecule has 3 N–H and O–H groups in total. The van der Waals surface area contributed by atoms with Gasteiger partial charge in [-0.3, -0.25) is 14.9 Å². The molecule has 0 aliphatic carbocycles. The van der Waals surface area contributed by atoms with Crippen molar-refractivity contribution in [3.63, 3.8) is 0 Å². The predicted octanol–water partition coefficient (Wildman–Crippen LogP) is 4.15. The van der Waals surface area contributed by atoms with Gasteiger partial charge in [-0.1, -0.05) is 18.3 Å². The Bertz CT molecular complexity index is 1030. The zero-order valence-corrected chi connectivity index (χ0v) is 16.7. The molecule has 3 rings (SSSR count). The average molecular weight is 415 g/mol. The van der Waals surface area contributed by atoms with Crippen LogP contribution in [0.15, 0.2) is 47.1 Å². The first-order valence-electron chi connectivity index (χ1n) is 8.57. The van der Waals surface area contributed by atoms with Gasteiger partial charge in [0.25, 0.3) is 0 Å². The van der Waals surface area contributed by atoms with Gasteiger partial charge in [0.2, 0.25) is 11.8 Å². The van der Waals surface area contributed by atoms with Crippen molar-refractivity contribution in [2.45, 2.75) is 19.8 Å². The Morgan fingerprint density at radius 1 is 1.29 bits per heavy atom. The van der Waals surface area contributed by atoms with E-state index in [1.807, 2.05) is 19.1 Å². The van der Waals surface area contributed by atoms with E-state index in [1.165, 1.54) is 23.7 Å². The minimum Gasteiger partial charge on any atom is -0.465 e. The highest BCUT2D eigenvalue weighted by Gasteiger charge is 2.09. The van der Waals surface area contributed by atoms with Crippen LogP contribution in [0.2, 0.25) is 0 Å². The van der Waals surface area contributed by atoms with E-state index in [9.17, 15) is 9.59 Å². The number of anilines is 2. The molecule has 2 aromatic heterocycles. The van der Waals surface area contributed by atoms with E-state index < -0.39 is 0 Å². The molecule has 0 aliphatic heterocycles. The molecule has 0 aliphatic rings. The molecule has 0 unspecified atom stereocenters. The van der Waals surface area contributed by atoms with Crippen molar-refractivity contribution in [2.24, 2.45) is 0 Å². The van der Waals surface area contributed by atoms with Crippen molar-refractivity contribution in [1.82, 2.24) is 10.3 Å². The van der Waals surface area contributed by atoms with Crippen LogP contribution in [0.4, 0.5) is 10.8 Å². The number of carbonyl (C=O) groups excluding carboxylic acids is 2. The van der Waals surface area contributed by atoms with Gasteiger partial charge in [-0.2, -0.15) is 0 Å². The van der Waals surface area contributed by atoms with Crippen molar-refractivity contribution < 1.29 is 14.0 Å². The first-order chi connectivity index (χ1) is 13.5. The van der Waals surface area contributed by atoms with Gasteiger partial charge in [0.1, 0.15) is 5.76 Å². The summed E-state index contributed by atoms with van der Waals surface area (Å²) in [7, 11) is 0. The summed E-state index contributed by atoms with van der Waals surface area (Å²) in [5.41, 5.74) is 1.49. The maximum absolute atomic E-state index is 11.9. The quantitative estimate of drug-likeness (QED) is 0.414. The average Bonchev–Trinajstić information content (AvgIpc) is 3.28. The van der Waals surface area contributed by atoms with Crippen molar-refractivity contribution in [3.8, 4) is 0 Å². The number of amides is 2. The molecule has 0 bridgehead atoms. The number of fused-ring (bicyclic) bond motifs is 1. The number of nitrogens with one attached hydrogen (secondary N) is 3. The fourth-order valence-corrected chi connectivity index (χ4v) is 3.46. The normalized spacial score (nSPS) is 10.9. The second kappa shape index (κ2) is 9.25. The van der Waals surface area contributed by atoms with E-state index in [0.717, 1.165) is 16.6 Å². The Hall–Kier alpha value is -3.04. The molecule has 28 heavy (non-hydrogen) atoms. The molecule has 3 aromatic rings. The molecule has 0 saturated heterocycles. The monoisotopic (exact) mass is 414 g/mol. The third-order valence-electron chi connectivity index (χ3n) is 3.55. The van der Waals surface area contributed by atoms with Gasteiger partial charge in [-0.05, 0) is 55.0 Å². The van der Waals surface area contributed by atoms with Crippen LogP contribution in [0.5, 0.6) is 0 Å². The molecule has 2 heterocycles. The Morgan fingerprint density at radius 3 is 2.89 bits per heavy atom. The lowest BCUT2D eigenvalue weighted by atomic mass is 10.3. The van der Waals surface area contributed by atoms with Gasteiger partial charge in [-0.15, -0.1) is 0 Å². The summed E-state index contributed by atoms with van der Waals surface area (Å²) < 4.78 is 6.01. The number of benzene rings is 1. The Kier molecular flexibility index (Phi) is 6.51. The molecule has 0 saturated carbocycles. The highest BCUT2D eigenvalue weighted by atomic mass is 32.1. The zero-order chi connectivity index (χ0) is 19.9. The molecule has 0 fully saturated rings. The minimum absolute atomic E-state index is 0.0496. The fraction of sp³-hybridized carbons (Fsp3) is 0.158. The number of aromatic nitrogens is 1. The summed E-state index contributed by atoms with van der Waals surface area (Å²) in [6, 6.07) is 8.96. The molecule has 0 atom stereocenters. The molecule has 0 spiro atoms. The summed E-state index contributed by atoms with van der Waals surface area (Å²) in [5.74, 6) is 0.159. The number of carbonyl (C=O) groups is 2. The van der Waals surface area contributed by atoms with Crippen LogP contribution in [0.3, 0.4) is 0 Å². The number of rotatable bonds is 6. The number of furan rings is 1. The lowest BCUT2D eigenvalue weighted by Gasteiger charge is -2.07. The fourth-order valence-electron chi connectivity index (χ4n) is 2.32. The second-order valence-electron chi connectivity index (χ2n) is 5.79. The van der Waals surface area contributed by atoms with E-state index in [-0.39, 0.29) is 16.9 Å². The molecular weight excluding hydrogens is 396 g/mol. The summed E-state index contributed by atoms with van der Waals surface area (Å²) in [6.07, 6.45) is 5.66. The number of hydrogen-bond acceptors (Lipinski definition) is 6. The van der Waals surface area contributed by atoms with Gasteiger partial charge < -0.3 is 15.1 Å². The van der Waals surface area contributed by atoms with Crippen molar-refractivity contribution >= 4 is 67.6 Å². The van der Waals surface area contributed by atoms with Crippen LogP contribution in [-0.2, 0) is 9.59 Å². The largest absolute Gasteiger partial charge is 0.465 e. The lowest BCUT2D eigenvalue weighted by molar-refractivity contribution is -0.116. The van der Waals surface area contributed by atoms with E-state index in [0.29, 0.717) is 23.0 Å². The molecule has 9 heteroatoms. The topological polar surface area (TPSA) is 96.3 Å². The maximum atomic E-state index is 11.9. The van der Waals surface area contributed by atoms with E-state index in [4.69, 9.17) is 16.6 Å². The third-order valence-corrected chi connectivity index (χ3v) is 4.69. The number of nitrogens with zero attached hydrogens (tertiary/aromatic N) is 1. The van der Waals surface area contributed by atoms with Crippen LogP contribution in [0.1, 0.15) is 25.5 Å². The van der Waals surface area contributed by atoms with E-state index in [1.54, 1.807) is 24.3 Å². The number of hydrogen-bond donors (Lipinski definition) is 3. The van der Waals surface area contributed by atoms with Crippen LogP contribution >= 0.6 is 23.6 Å². The zero-order valence-electron chi connectivity index (χ0n) is 15.0. The van der Waals surface area contributed by atoms with Crippen LogP contribution < -0.4 is 16.0 Å². The van der Waals surface area contributed by atoms with Crippen LogP contribution in [0.25, 0.3) is 16.3 Å². The summed E-state index contributed by atoms with van der Waals surface area (Å²) >= 11 is 6.55. The summed E-state index contributed by atoms with van der Waals surface area (Å²) in [5, 5.41) is 9.06. The Labute approximate surface area is 170 Å².